The van der Waals surface area contributed by atoms with E-state index in [-0.39, 0.29) is 5.60 Å². The first-order chi connectivity index (χ1) is 7.03. The van der Waals surface area contributed by atoms with Gasteiger partial charge in [0.1, 0.15) is 0 Å². The van der Waals surface area contributed by atoms with Gasteiger partial charge in [-0.3, -0.25) is 0 Å². The number of nitrogens with one attached hydrogen (secondary N) is 1. The highest BCUT2D eigenvalue weighted by molar-refractivity contribution is 5.02. The van der Waals surface area contributed by atoms with Gasteiger partial charge in [0.25, 0.3) is 0 Å². The summed E-state index contributed by atoms with van der Waals surface area (Å²) >= 11 is 0. The Hall–Kier alpha value is -0.340. The summed E-state index contributed by atoms with van der Waals surface area (Å²) in [4.78, 5) is 0. The second-order valence-corrected chi connectivity index (χ2v) is 4.29. The van der Waals surface area contributed by atoms with Gasteiger partial charge >= 0.3 is 0 Å². The van der Waals surface area contributed by atoms with Gasteiger partial charge in [0.05, 0.1) is 5.60 Å². The molecule has 0 aromatic rings. The predicted molar refractivity (Wildman–Crippen MR) is 67.2 cm³/mol. The average Bonchev–Trinajstić information content (AvgIpc) is 2.27. The molecule has 0 aromatic carbocycles. The number of likely N-dealkylation sites (N-methyl/N-ethyl adjacent to an activating group) is 1. The van der Waals surface area contributed by atoms with E-state index in [0.717, 1.165) is 25.8 Å². The van der Waals surface area contributed by atoms with Gasteiger partial charge in [0, 0.05) is 13.2 Å². The van der Waals surface area contributed by atoms with Crippen LogP contribution in [-0.2, 0) is 4.74 Å². The van der Waals surface area contributed by atoms with Gasteiger partial charge in [-0.15, -0.1) is 0 Å². The van der Waals surface area contributed by atoms with Crippen molar-refractivity contribution in [2.45, 2.75) is 58.6 Å². The zero-order valence-corrected chi connectivity index (χ0v) is 11.0. The summed E-state index contributed by atoms with van der Waals surface area (Å²) < 4.78 is 5.64. The molecule has 0 aliphatic rings. The van der Waals surface area contributed by atoms with E-state index >= 15 is 0 Å². The van der Waals surface area contributed by atoms with Crippen LogP contribution < -0.4 is 5.32 Å². The van der Waals surface area contributed by atoms with E-state index in [9.17, 15) is 0 Å². The summed E-state index contributed by atoms with van der Waals surface area (Å²) in [6.45, 7) is 13.7. The summed E-state index contributed by atoms with van der Waals surface area (Å²) in [5.41, 5.74) is 1.20. The fraction of sp³-hybridized carbons (Fsp3) is 0.846. The Bertz CT molecular complexity index is 185. The summed E-state index contributed by atoms with van der Waals surface area (Å²) in [6, 6.07) is 0.366. The highest BCUT2D eigenvalue weighted by Gasteiger charge is 2.31. The van der Waals surface area contributed by atoms with Crippen LogP contribution in [0.5, 0.6) is 0 Å². The standard InChI is InChI=1S/C13H27NO/c1-7-11(4)10-12(14-9-3)13(5,8-2)15-6/h12,14H,4,7-10H2,1-3,5-6H3. The topological polar surface area (TPSA) is 21.3 Å². The molecule has 15 heavy (non-hydrogen) atoms. The molecule has 0 amide bonds. The van der Waals surface area contributed by atoms with Crippen LogP contribution in [-0.4, -0.2) is 25.3 Å². The van der Waals surface area contributed by atoms with Crippen molar-refractivity contribution in [1.82, 2.24) is 5.32 Å². The van der Waals surface area contributed by atoms with Crippen molar-refractivity contribution in [3.63, 3.8) is 0 Å². The van der Waals surface area contributed by atoms with Crippen LogP contribution in [0.15, 0.2) is 12.2 Å². The van der Waals surface area contributed by atoms with Crippen LogP contribution >= 0.6 is 0 Å². The van der Waals surface area contributed by atoms with E-state index in [1.807, 2.05) is 0 Å². The zero-order valence-electron chi connectivity index (χ0n) is 11.0. The molecule has 0 saturated carbocycles. The molecule has 0 aliphatic heterocycles. The van der Waals surface area contributed by atoms with E-state index in [1.165, 1.54) is 5.57 Å². The maximum Gasteiger partial charge on any atom is 0.0803 e. The Labute approximate surface area is 95.1 Å². The molecule has 0 radical (unpaired) electrons. The Morgan fingerprint density at radius 2 is 2.00 bits per heavy atom. The van der Waals surface area contributed by atoms with E-state index in [1.54, 1.807) is 7.11 Å². The molecular formula is C13H27NO. The van der Waals surface area contributed by atoms with E-state index in [2.05, 4.69) is 39.6 Å². The van der Waals surface area contributed by atoms with E-state index < -0.39 is 0 Å². The van der Waals surface area contributed by atoms with Crippen LogP contribution in [0.4, 0.5) is 0 Å². The molecule has 0 fully saturated rings. The van der Waals surface area contributed by atoms with Crippen molar-refractivity contribution < 1.29 is 4.74 Å². The smallest absolute Gasteiger partial charge is 0.0803 e. The molecule has 2 atom stereocenters. The molecule has 0 spiro atoms. The van der Waals surface area contributed by atoms with Crippen molar-refractivity contribution in [1.29, 1.82) is 0 Å². The molecule has 0 aromatic heterocycles. The first-order valence-electron chi connectivity index (χ1n) is 5.99. The lowest BCUT2D eigenvalue weighted by Gasteiger charge is -2.36. The van der Waals surface area contributed by atoms with Crippen LogP contribution in [0.1, 0.15) is 47.0 Å². The second-order valence-electron chi connectivity index (χ2n) is 4.29. The first kappa shape index (κ1) is 14.7. The lowest BCUT2D eigenvalue weighted by atomic mass is 9.88. The minimum absolute atomic E-state index is 0.0892. The van der Waals surface area contributed by atoms with E-state index in [0.29, 0.717) is 6.04 Å². The van der Waals surface area contributed by atoms with Crippen molar-refractivity contribution >= 4 is 0 Å². The van der Waals surface area contributed by atoms with Gasteiger partial charge in [-0.1, -0.05) is 32.9 Å². The predicted octanol–water partition coefficient (Wildman–Crippen LogP) is 3.14. The fourth-order valence-corrected chi connectivity index (χ4v) is 1.72. The summed E-state index contributed by atoms with van der Waals surface area (Å²) in [6.07, 6.45) is 3.06. The third-order valence-electron chi connectivity index (χ3n) is 3.35. The summed E-state index contributed by atoms with van der Waals surface area (Å²) in [5.74, 6) is 0. The largest absolute Gasteiger partial charge is 0.377 e. The van der Waals surface area contributed by atoms with Crippen LogP contribution in [0.3, 0.4) is 0 Å². The molecule has 0 aliphatic carbocycles. The average molecular weight is 213 g/mol. The Morgan fingerprint density at radius 1 is 1.40 bits per heavy atom. The SMILES string of the molecule is C=C(CC)CC(NCC)C(C)(CC)OC. The molecule has 2 nitrogen and oxygen atoms in total. The number of methoxy groups -OCH3 is 1. The van der Waals surface area contributed by atoms with Gasteiger partial charge < -0.3 is 10.1 Å². The van der Waals surface area contributed by atoms with E-state index in [4.69, 9.17) is 4.74 Å². The number of rotatable bonds is 8. The normalized spacial score (nSPS) is 17.1. The molecule has 0 heterocycles. The van der Waals surface area contributed by atoms with Crippen LogP contribution in [0.2, 0.25) is 0 Å². The lowest BCUT2D eigenvalue weighted by molar-refractivity contribution is -0.0284. The molecule has 0 rings (SSSR count). The Kier molecular flexibility index (Phi) is 6.86. The first-order valence-corrected chi connectivity index (χ1v) is 5.99. The number of ether oxygens (including phenoxy) is 1. The molecule has 1 N–H and O–H groups in total. The lowest BCUT2D eigenvalue weighted by Crippen LogP contribution is -2.49. The number of hydrogen-bond donors (Lipinski definition) is 1. The molecule has 0 saturated heterocycles. The quantitative estimate of drug-likeness (QED) is 0.625. The number of hydrogen-bond acceptors (Lipinski definition) is 2. The fourth-order valence-electron chi connectivity index (χ4n) is 1.72. The minimum atomic E-state index is -0.0892. The molecule has 2 unspecified atom stereocenters. The highest BCUT2D eigenvalue weighted by Crippen LogP contribution is 2.24. The van der Waals surface area contributed by atoms with Gasteiger partial charge in [-0.25, -0.2) is 0 Å². The zero-order chi connectivity index (χ0) is 11.9. The molecule has 2 heteroatoms. The van der Waals surface area contributed by atoms with Crippen LogP contribution in [0.25, 0.3) is 0 Å². The third kappa shape index (κ3) is 4.35. The highest BCUT2D eigenvalue weighted by atomic mass is 16.5. The maximum absolute atomic E-state index is 5.64. The van der Waals surface area contributed by atoms with Crippen molar-refractivity contribution in [2.24, 2.45) is 0 Å². The molecule has 90 valence electrons. The molecular weight excluding hydrogens is 186 g/mol. The second kappa shape index (κ2) is 7.02. The minimum Gasteiger partial charge on any atom is -0.377 e. The van der Waals surface area contributed by atoms with Crippen molar-refractivity contribution in [3.8, 4) is 0 Å². The summed E-state index contributed by atoms with van der Waals surface area (Å²) in [7, 11) is 1.79. The monoisotopic (exact) mass is 213 g/mol. The van der Waals surface area contributed by atoms with Gasteiger partial charge in [0.15, 0.2) is 0 Å². The van der Waals surface area contributed by atoms with Gasteiger partial charge in [-0.2, -0.15) is 0 Å². The maximum atomic E-state index is 5.64. The Balaban J connectivity index is 4.54. The van der Waals surface area contributed by atoms with Crippen molar-refractivity contribution in [2.75, 3.05) is 13.7 Å². The van der Waals surface area contributed by atoms with Crippen molar-refractivity contribution in [3.05, 3.63) is 12.2 Å². The van der Waals surface area contributed by atoms with Gasteiger partial charge in [0.2, 0.25) is 0 Å². The Morgan fingerprint density at radius 3 is 2.33 bits per heavy atom. The van der Waals surface area contributed by atoms with Crippen LogP contribution in [0, 0.1) is 0 Å². The molecule has 0 bridgehead atoms. The summed E-state index contributed by atoms with van der Waals surface area (Å²) in [5, 5.41) is 3.50. The van der Waals surface area contributed by atoms with Gasteiger partial charge in [-0.05, 0) is 32.7 Å². The third-order valence-corrected chi connectivity index (χ3v) is 3.35.